The molecular formula is C13H16F2N2O2. The molecule has 1 aromatic carbocycles. The highest BCUT2D eigenvalue weighted by Gasteiger charge is 2.31. The van der Waals surface area contributed by atoms with Crippen LogP contribution in [0.15, 0.2) is 18.2 Å². The largest absolute Gasteiger partial charge is 0.390 e. The highest BCUT2D eigenvalue weighted by atomic mass is 19.2. The SMILES string of the molecule is CN(C(=O)Cc1cccc(F)c1F)[C@@H]1CNC[C@H]1O. The second kappa shape index (κ2) is 5.63. The van der Waals surface area contributed by atoms with Crippen LogP contribution >= 0.6 is 0 Å². The van der Waals surface area contributed by atoms with Crippen molar-refractivity contribution in [1.82, 2.24) is 10.2 Å². The van der Waals surface area contributed by atoms with Crippen LogP contribution in [0, 0.1) is 11.6 Å². The highest BCUT2D eigenvalue weighted by molar-refractivity contribution is 5.79. The maximum Gasteiger partial charge on any atom is 0.227 e. The first kappa shape index (κ1) is 13.9. The first-order valence-corrected chi connectivity index (χ1v) is 6.08. The molecule has 1 aliphatic rings. The van der Waals surface area contributed by atoms with Crippen molar-refractivity contribution in [2.75, 3.05) is 20.1 Å². The number of carbonyl (C=O) groups is 1. The average molecular weight is 270 g/mol. The molecule has 0 bridgehead atoms. The predicted molar refractivity (Wildman–Crippen MR) is 65.5 cm³/mol. The predicted octanol–water partition coefficient (Wildman–Crippen LogP) is 0.298. The molecule has 2 N–H and O–H groups in total. The van der Waals surface area contributed by atoms with E-state index in [1.54, 1.807) is 7.05 Å². The molecule has 1 aromatic rings. The lowest BCUT2D eigenvalue weighted by atomic mass is 10.1. The number of aliphatic hydroxyl groups excluding tert-OH is 1. The maximum atomic E-state index is 13.5. The highest BCUT2D eigenvalue weighted by Crippen LogP contribution is 2.14. The number of β-amino-alcohol motifs (C(OH)–C–C–N with tert-alkyl or cyclic N) is 1. The zero-order chi connectivity index (χ0) is 14.0. The van der Waals surface area contributed by atoms with E-state index in [4.69, 9.17) is 0 Å². The van der Waals surface area contributed by atoms with E-state index in [0.717, 1.165) is 6.07 Å². The van der Waals surface area contributed by atoms with Crippen molar-refractivity contribution in [3.05, 3.63) is 35.4 Å². The van der Waals surface area contributed by atoms with Gasteiger partial charge in [-0.25, -0.2) is 8.78 Å². The minimum absolute atomic E-state index is 0.0253. The Kier molecular flexibility index (Phi) is 4.11. The number of hydrogen-bond donors (Lipinski definition) is 2. The van der Waals surface area contributed by atoms with Crippen LogP contribution in [0.2, 0.25) is 0 Å². The van der Waals surface area contributed by atoms with Crippen molar-refractivity contribution in [2.45, 2.75) is 18.6 Å². The molecular weight excluding hydrogens is 254 g/mol. The van der Waals surface area contributed by atoms with E-state index in [9.17, 15) is 18.7 Å². The molecule has 1 heterocycles. The summed E-state index contributed by atoms with van der Waals surface area (Å²) >= 11 is 0. The number of rotatable bonds is 3. The smallest absolute Gasteiger partial charge is 0.227 e. The van der Waals surface area contributed by atoms with Crippen molar-refractivity contribution in [1.29, 1.82) is 0 Å². The molecule has 0 radical (unpaired) electrons. The molecule has 104 valence electrons. The fourth-order valence-electron chi connectivity index (χ4n) is 2.20. The zero-order valence-corrected chi connectivity index (χ0v) is 10.6. The van der Waals surface area contributed by atoms with Gasteiger partial charge in [-0.3, -0.25) is 4.79 Å². The summed E-state index contributed by atoms with van der Waals surface area (Å²) in [6.07, 6.45) is -0.852. The minimum atomic E-state index is -0.991. The van der Waals surface area contributed by atoms with Crippen molar-refractivity contribution in [2.24, 2.45) is 0 Å². The van der Waals surface area contributed by atoms with E-state index in [1.807, 2.05) is 0 Å². The molecule has 0 saturated carbocycles. The number of nitrogens with one attached hydrogen (secondary N) is 1. The molecule has 2 atom stereocenters. The van der Waals surface area contributed by atoms with Gasteiger partial charge in [-0.1, -0.05) is 12.1 Å². The summed E-state index contributed by atoms with van der Waals surface area (Å²) in [5.41, 5.74) is 0.0253. The molecule has 0 spiro atoms. The molecule has 4 nitrogen and oxygen atoms in total. The number of likely N-dealkylation sites (N-methyl/N-ethyl adjacent to an activating group) is 1. The Morgan fingerprint density at radius 3 is 2.84 bits per heavy atom. The molecule has 1 amide bonds. The van der Waals surface area contributed by atoms with Crippen LogP contribution in [0.4, 0.5) is 8.78 Å². The Morgan fingerprint density at radius 2 is 2.21 bits per heavy atom. The number of amides is 1. The van der Waals surface area contributed by atoms with Gasteiger partial charge in [0, 0.05) is 25.7 Å². The van der Waals surface area contributed by atoms with Gasteiger partial charge in [0.05, 0.1) is 18.6 Å². The molecule has 1 saturated heterocycles. The van der Waals surface area contributed by atoms with E-state index in [0.29, 0.717) is 13.1 Å². The molecule has 0 aromatic heterocycles. The summed E-state index contributed by atoms with van der Waals surface area (Å²) in [5.74, 6) is -2.30. The third-order valence-electron chi connectivity index (χ3n) is 3.42. The summed E-state index contributed by atoms with van der Waals surface area (Å²) in [6, 6.07) is 3.43. The van der Waals surface area contributed by atoms with Crippen molar-refractivity contribution >= 4 is 5.91 Å². The van der Waals surface area contributed by atoms with Gasteiger partial charge in [0.15, 0.2) is 11.6 Å². The van der Waals surface area contributed by atoms with Gasteiger partial charge in [-0.15, -0.1) is 0 Å². The third-order valence-corrected chi connectivity index (χ3v) is 3.42. The van der Waals surface area contributed by atoms with Crippen LogP contribution in [0.3, 0.4) is 0 Å². The Bertz CT molecular complexity index is 482. The lowest BCUT2D eigenvalue weighted by Gasteiger charge is -2.26. The van der Waals surface area contributed by atoms with E-state index in [2.05, 4.69) is 5.32 Å². The summed E-state index contributed by atoms with van der Waals surface area (Å²) < 4.78 is 26.5. The second-order valence-electron chi connectivity index (χ2n) is 4.69. The summed E-state index contributed by atoms with van der Waals surface area (Å²) in [6.45, 7) is 0.922. The summed E-state index contributed by atoms with van der Waals surface area (Å²) in [5, 5.41) is 12.6. The topological polar surface area (TPSA) is 52.6 Å². The van der Waals surface area contributed by atoms with E-state index in [1.165, 1.54) is 17.0 Å². The van der Waals surface area contributed by atoms with E-state index in [-0.39, 0.29) is 23.9 Å². The first-order valence-electron chi connectivity index (χ1n) is 6.08. The van der Waals surface area contributed by atoms with Gasteiger partial charge in [-0.2, -0.15) is 0 Å². The van der Waals surface area contributed by atoms with Gasteiger partial charge < -0.3 is 15.3 Å². The number of halogens is 2. The van der Waals surface area contributed by atoms with Crippen LogP contribution in [-0.4, -0.2) is 48.2 Å². The fraction of sp³-hybridized carbons (Fsp3) is 0.462. The zero-order valence-electron chi connectivity index (χ0n) is 10.6. The first-order chi connectivity index (χ1) is 9.00. The third kappa shape index (κ3) is 2.90. The molecule has 1 aliphatic heterocycles. The Labute approximate surface area is 110 Å². The van der Waals surface area contributed by atoms with Gasteiger partial charge in [0.25, 0.3) is 0 Å². The Balaban J connectivity index is 2.06. The molecule has 19 heavy (non-hydrogen) atoms. The standard InChI is InChI=1S/C13H16F2N2O2/c1-17(10-6-16-7-11(10)18)12(19)5-8-3-2-4-9(14)13(8)15/h2-4,10-11,16,18H,5-7H2,1H3/t10-,11-/m1/s1. The van der Waals surface area contributed by atoms with Crippen LogP contribution in [0.1, 0.15) is 5.56 Å². The van der Waals surface area contributed by atoms with Crippen LogP contribution < -0.4 is 5.32 Å². The Hall–Kier alpha value is -1.53. The lowest BCUT2D eigenvalue weighted by Crippen LogP contribution is -2.44. The number of carbonyl (C=O) groups excluding carboxylic acids is 1. The summed E-state index contributed by atoms with van der Waals surface area (Å²) in [7, 11) is 1.56. The molecule has 1 fully saturated rings. The molecule has 6 heteroatoms. The van der Waals surface area contributed by atoms with Gasteiger partial charge in [0.1, 0.15) is 0 Å². The summed E-state index contributed by atoms with van der Waals surface area (Å²) in [4.78, 5) is 13.4. The Morgan fingerprint density at radius 1 is 1.47 bits per heavy atom. The van der Waals surface area contributed by atoms with Crippen molar-refractivity contribution < 1.29 is 18.7 Å². The number of benzene rings is 1. The van der Waals surface area contributed by atoms with E-state index >= 15 is 0 Å². The van der Waals surface area contributed by atoms with Crippen LogP contribution in [0.5, 0.6) is 0 Å². The monoisotopic (exact) mass is 270 g/mol. The number of nitrogens with zero attached hydrogens (tertiary/aromatic N) is 1. The maximum absolute atomic E-state index is 13.5. The minimum Gasteiger partial charge on any atom is -0.390 e. The van der Waals surface area contributed by atoms with E-state index < -0.39 is 17.7 Å². The van der Waals surface area contributed by atoms with Gasteiger partial charge in [-0.05, 0) is 6.07 Å². The normalized spacial score (nSPS) is 22.5. The molecule has 0 unspecified atom stereocenters. The van der Waals surface area contributed by atoms with Crippen LogP contribution in [0.25, 0.3) is 0 Å². The molecule has 2 rings (SSSR count). The second-order valence-corrected chi connectivity index (χ2v) is 4.69. The number of hydrogen-bond acceptors (Lipinski definition) is 3. The molecule has 0 aliphatic carbocycles. The lowest BCUT2D eigenvalue weighted by molar-refractivity contribution is -0.132. The van der Waals surface area contributed by atoms with Crippen molar-refractivity contribution in [3.63, 3.8) is 0 Å². The number of aliphatic hydroxyl groups is 1. The van der Waals surface area contributed by atoms with Gasteiger partial charge in [0.2, 0.25) is 5.91 Å². The quantitative estimate of drug-likeness (QED) is 0.830. The average Bonchev–Trinajstić information content (AvgIpc) is 2.80. The van der Waals surface area contributed by atoms with Gasteiger partial charge >= 0.3 is 0 Å². The van der Waals surface area contributed by atoms with Crippen LogP contribution in [-0.2, 0) is 11.2 Å². The van der Waals surface area contributed by atoms with Crippen molar-refractivity contribution in [3.8, 4) is 0 Å². The fourth-order valence-corrected chi connectivity index (χ4v) is 2.20.